The van der Waals surface area contributed by atoms with Gasteiger partial charge in [-0.3, -0.25) is 14.9 Å². The molecule has 2 rings (SSSR count). The Morgan fingerprint density at radius 3 is 2.65 bits per heavy atom. The third-order valence-electron chi connectivity index (χ3n) is 4.67. The van der Waals surface area contributed by atoms with Crippen LogP contribution in [0.25, 0.3) is 0 Å². The monoisotopic (exact) mass is 320 g/mol. The Labute approximate surface area is 136 Å². The summed E-state index contributed by atoms with van der Waals surface area (Å²) in [6.45, 7) is 0. The van der Waals surface area contributed by atoms with Gasteiger partial charge in [0.2, 0.25) is 5.91 Å². The number of aryl methyl sites for hydroxylation is 1. The number of nitro groups is 1. The molecule has 0 aromatic heterocycles. The van der Waals surface area contributed by atoms with Gasteiger partial charge in [-0.2, -0.15) is 0 Å². The molecule has 1 aromatic rings. The zero-order valence-corrected chi connectivity index (χ0v) is 13.7. The van der Waals surface area contributed by atoms with Crippen LogP contribution in [0.5, 0.6) is 0 Å². The van der Waals surface area contributed by atoms with E-state index in [1.54, 1.807) is 13.2 Å². The SMILES string of the molecule is COC1CCC(N(C)C(=O)CCc2cccc([N+](=O)[O-])c2)CC1. The smallest absolute Gasteiger partial charge is 0.269 e. The van der Waals surface area contributed by atoms with Crippen LogP contribution in [0.1, 0.15) is 37.7 Å². The highest BCUT2D eigenvalue weighted by Gasteiger charge is 2.26. The van der Waals surface area contributed by atoms with Gasteiger partial charge in [0, 0.05) is 38.8 Å². The normalized spacial score (nSPS) is 21.0. The number of carbonyl (C=O) groups excluding carboxylic acids is 1. The molecule has 6 nitrogen and oxygen atoms in total. The second-order valence-electron chi connectivity index (χ2n) is 6.10. The van der Waals surface area contributed by atoms with Crippen LogP contribution >= 0.6 is 0 Å². The molecule has 0 heterocycles. The fourth-order valence-corrected chi connectivity index (χ4v) is 3.13. The van der Waals surface area contributed by atoms with Crippen LogP contribution in [-0.2, 0) is 16.0 Å². The summed E-state index contributed by atoms with van der Waals surface area (Å²) in [4.78, 5) is 24.5. The van der Waals surface area contributed by atoms with Crippen molar-refractivity contribution in [3.63, 3.8) is 0 Å². The molecule has 23 heavy (non-hydrogen) atoms. The first kappa shape index (κ1) is 17.4. The van der Waals surface area contributed by atoms with Gasteiger partial charge in [-0.25, -0.2) is 0 Å². The maximum atomic E-state index is 12.3. The fourth-order valence-electron chi connectivity index (χ4n) is 3.13. The number of methoxy groups -OCH3 is 1. The molecule has 0 aliphatic heterocycles. The first-order valence-corrected chi connectivity index (χ1v) is 8.03. The second kappa shape index (κ2) is 8.06. The third kappa shape index (κ3) is 4.76. The van der Waals surface area contributed by atoms with Crippen molar-refractivity contribution in [2.45, 2.75) is 50.7 Å². The van der Waals surface area contributed by atoms with Crippen LogP contribution in [0.2, 0.25) is 0 Å². The summed E-state index contributed by atoms with van der Waals surface area (Å²) in [5.74, 6) is 0.0948. The van der Waals surface area contributed by atoms with Gasteiger partial charge in [0.1, 0.15) is 0 Å². The summed E-state index contributed by atoms with van der Waals surface area (Å²) < 4.78 is 5.36. The van der Waals surface area contributed by atoms with Crippen LogP contribution in [0.3, 0.4) is 0 Å². The van der Waals surface area contributed by atoms with E-state index in [4.69, 9.17) is 4.74 Å². The number of hydrogen-bond donors (Lipinski definition) is 0. The van der Waals surface area contributed by atoms with E-state index < -0.39 is 4.92 Å². The van der Waals surface area contributed by atoms with Crippen molar-refractivity contribution in [2.24, 2.45) is 0 Å². The molecular formula is C17H24N2O4. The Balaban J connectivity index is 1.84. The van der Waals surface area contributed by atoms with Crippen molar-refractivity contribution in [3.8, 4) is 0 Å². The quantitative estimate of drug-likeness (QED) is 0.597. The van der Waals surface area contributed by atoms with Crippen LogP contribution in [0, 0.1) is 10.1 Å². The number of carbonyl (C=O) groups is 1. The minimum atomic E-state index is -0.411. The summed E-state index contributed by atoms with van der Waals surface area (Å²) in [5, 5.41) is 10.8. The Hall–Kier alpha value is -1.95. The highest BCUT2D eigenvalue weighted by atomic mass is 16.6. The average Bonchev–Trinajstić information content (AvgIpc) is 2.59. The molecule has 6 heteroatoms. The van der Waals surface area contributed by atoms with Gasteiger partial charge in [-0.05, 0) is 37.7 Å². The predicted octanol–water partition coefficient (Wildman–Crippen LogP) is 2.94. The molecule has 1 fully saturated rings. The maximum Gasteiger partial charge on any atom is 0.269 e. The predicted molar refractivity (Wildman–Crippen MR) is 87.2 cm³/mol. The second-order valence-corrected chi connectivity index (χ2v) is 6.10. The fraction of sp³-hybridized carbons (Fsp3) is 0.588. The lowest BCUT2D eigenvalue weighted by atomic mass is 9.92. The first-order chi connectivity index (χ1) is 11.0. The number of hydrogen-bond acceptors (Lipinski definition) is 4. The molecule has 0 saturated heterocycles. The van der Waals surface area contributed by atoms with E-state index in [9.17, 15) is 14.9 Å². The summed E-state index contributed by atoms with van der Waals surface area (Å²) in [5.41, 5.74) is 0.894. The van der Waals surface area contributed by atoms with Crippen molar-refractivity contribution in [3.05, 3.63) is 39.9 Å². The highest BCUT2D eigenvalue weighted by Crippen LogP contribution is 2.24. The summed E-state index contributed by atoms with van der Waals surface area (Å²) in [6, 6.07) is 6.76. The van der Waals surface area contributed by atoms with Gasteiger partial charge in [0.05, 0.1) is 11.0 Å². The molecule has 0 unspecified atom stereocenters. The van der Waals surface area contributed by atoms with Crippen LogP contribution in [-0.4, -0.2) is 42.0 Å². The van der Waals surface area contributed by atoms with Crippen molar-refractivity contribution in [1.82, 2.24) is 4.90 Å². The number of amides is 1. The van der Waals surface area contributed by atoms with E-state index in [2.05, 4.69) is 0 Å². The summed E-state index contributed by atoms with van der Waals surface area (Å²) >= 11 is 0. The Morgan fingerprint density at radius 1 is 1.35 bits per heavy atom. The number of ether oxygens (including phenoxy) is 1. The summed E-state index contributed by atoms with van der Waals surface area (Å²) in [6.07, 6.45) is 5.14. The Kier molecular flexibility index (Phi) is 6.10. The van der Waals surface area contributed by atoms with E-state index >= 15 is 0 Å². The van der Waals surface area contributed by atoms with Gasteiger partial charge in [0.25, 0.3) is 5.69 Å². The molecule has 1 aliphatic rings. The number of rotatable bonds is 6. The lowest BCUT2D eigenvalue weighted by Crippen LogP contribution is -2.40. The molecule has 1 aromatic carbocycles. The molecule has 126 valence electrons. The standard InChI is InChI=1S/C17H24N2O4/c1-18(14-7-9-16(23-2)10-8-14)17(20)11-6-13-4-3-5-15(12-13)19(21)22/h3-5,12,14,16H,6-11H2,1-2H3. The molecule has 1 saturated carbocycles. The number of non-ortho nitro benzene ring substituents is 1. The van der Waals surface area contributed by atoms with E-state index in [0.29, 0.717) is 18.9 Å². The molecule has 1 aliphatic carbocycles. The Bertz CT molecular complexity index is 553. The topological polar surface area (TPSA) is 72.7 Å². The average molecular weight is 320 g/mol. The molecular weight excluding hydrogens is 296 g/mol. The highest BCUT2D eigenvalue weighted by molar-refractivity contribution is 5.76. The van der Waals surface area contributed by atoms with E-state index in [-0.39, 0.29) is 17.6 Å². The third-order valence-corrected chi connectivity index (χ3v) is 4.67. The minimum Gasteiger partial charge on any atom is -0.381 e. The number of nitrogens with zero attached hydrogens (tertiary/aromatic N) is 2. The van der Waals surface area contributed by atoms with Crippen LogP contribution in [0.4, 0.5) is 5.69 Å². The number of benzene rings is 1. The maximum absolute atomic E-state index is 12.3. The van der Waals surface area contributed by atoms with Crippen molar-refractivity contribution in [1.29, 1.82) is 0 Å². The van der Waals surface area contributed by atoms with Gasteiger partial charge in [-0.1, -0.05) is 12.1 Å². The number of nitro benzene ring substituents is 1. The van der Waals surface area contributed by atoms with Crippen molar-refractivity contribution < 1.29 is 14.5 Å². The Morgan fingerprint density at radius 2 is 2.04 bits per heavy atom. The van der Waals surface area contributed by atoms with Crippen molar-refractivity contribution >= 4 is 11.6 Å². The molecule has 1 amide bonds. The molecule has 0 spiro atoms. The van der Waals surface area contributed by atoms with E-state index in [0.717, 1.165) is 31.2 Å². The zero-order chi connectivity index (χ0) is 16.8. The first-order valence-electron chi connectivity index (χ1n) is 8.03. The lowest BCUT2D eigenvalue weighted by molar-refractivity contribution is -0.384. The van der Waals surface area contributed by atoms with Gasteiger partial charge in [0.15, 0.2) is 0 Å². The zero-order valence-electron chi connectivity index (χ0n) is 13.7. The molecule has 0 radical (unpaired) electrons. The van der Waals surface area contributed by atoms with Crippen LogP contribution in [0.15, 0.2) is 24.3 Å². The van der Waals surface area contributed by atoms with Crippen LogP contribution < -0.4 is 0 Å². The lowest BCUT2D eigenvalue weighted by Gasteiger charge is -2.34. The molecule has 0 N–H and O–H groups in total. The van der Waals surface area contributed by atoms with Crippen molar-refractivity contribution in [2.75, 3.05) is 14.2 Å². The molecule has 0 bridgehead atoms. The summed E-state index contributed by atoms with van der Waals surface area (Å²) in [7, 11) is 3.59. The largest absolute Gasteiger partial charge is 0.381 e. The van der Waals surface area contributed by atoms with Gasteiger partial charge >= 0.3 is 0 Å². The van der Waals surface area contributed by atoms with Gasteiger partial charge in [-0.15, -0.1) is 0 Å². The van der Waals surface area contributed by atoms with E-state index in [1.807, 2.05) is 18.0 Å². The van der Waals surface area contributed by atoms with E-state index in [1.165, 1.54) is 12.1 Å². The molecule has 0 atom stereocenters. The van der Waals surface area contributed by atoms with Gasteiger partial charge < -0.3 is 9.64 Å². The minimum absolute atomic E-state index is 0.0705.